The molecule has 1 aromatic rings. The molecular weight excluding hydrogens is 318 g/mol. The molecule has 6 nitrogen and oxygen atoms in total. The van der Waals surface area contributed by atoms with Crippen LogP contribution in [0.3, 0.4) is 0 Å². The summed E-state index contributed by atoms with van der Waals surface area (Å²) in [4.78, 5) is 26.6. The van der Waals surface area contributed by atoms with E-state index < -0.39 is 12.1 Å². The summed E-state index contributed by atoms with van der Waals surface area (Å²) >= 11 is 0. The first kappa shape index (κ1) is 17.7. The van der Waals surface area contributed by atoms with E-state index in [1.807, 2.05) is 30.3 Å². The van der Waals surface area contributed by atoms with E-state index in [0.717, 1.165) is 18.7 Å². The topological polar surface area (TPSA) is 70.7 Å². The van der Waals surface area contributed by atoms with Crippen molar-refractivity contribution < 1.29 is 14.3 Å². The zero-order valence-corrected chi connectivity index (χ0v) is 13.7. The summed E-state index contributed by atoms with van der Waals surface area (Å²) in [5.41, 5.74) is 0.877. The molecule has 2 amide bonds. The average molecular weight is 340 g/mol. The first-order valence-corrected chi connectivity index (χ1v) is 7.75. The fraction of sp³-hybridized carbons (Fsp3) is 0.500. The van der Waals surface area contributed by atoms with Gasteiger partial charge < -0.3 is 20.3 Å². The van der Waals surface area contributed by atoms with Gasteiger partial charge in [0.15, 0.2) is 0 Å². The Morgan fingerprint density at radius 3 is 2.78 bits per heavy atom. The Balaban J connectivity index is 0.00000192. The maximum Gasteiger partial charge on any atom is 0.251 e. The molecule has 2 aliphatic rings. The second-order valence-electron chi connectivity index (χ2n) is 5.59. The van der Waals surface area contributed by atoms with Gasteiger partial charge >= 0.3 is 0 Å². The lowest BCUT2D eigenvalue weighted by atomic mass is 10.0. The lowest BCUT2D eigenvalue weighted by Crippen LogP contribution is -2.56. The predicted octanol–water partition coefficient (Wildman–Crippen LogP) is 0.708. The molecule has 2 heterocycles. The summed E-state index contributed by atoms with van der Waals surface area (Å²) in [5.74, 6) is -0.255. The standard InChI is InChI=1S/C16H21N3O3.ClH/c20-15(14-11-17-8-10-22-14)18-13-7-4-9-19(16(13)21)12-5-2-1-3-6-12;/h1-3,5-6,13-14,17H,4,7-11H2,(H,18,20);1H. The van der Waals surface area contributed by atoms with E-state index in [9.17, 15) is 9.59 Å². The number of benzene rings is 1. The smallest absolute Gasteiger partial charge is 0.251 e. The molecule has 126 valence electrons. The summed E-state index contributed by atoms with van der Waals surface area (Å²) in [6.07, 6.45) is 1.04. The first-order chi connectivity index (χ1) is 10.8. The molecule has 3 rings (SSSR count). The average Bonchev–Trinajstić information content (AvgIpc) is 2.58. The van der Waals surface area contributed by atoms with Crippen LogP contribution in [0.1, 0.15) is 12.8 Å². The second kappa shape index (κ2) is 8.29. The van der Waals surface area contributed by atoms with Crippen LogP contribution in [0, 0.1) is 0 Å². The number of nitrogens with zero attached hydrogens (tertiary/aromatic N) is 1. The molecule has 0 radical (unpaired) electrons. The second-order valence-corrected chi connectivity index (χ2v) is 5.59. The van der Waals surface area contributed by atoms with Crippen LogP contribution < -0.4 is 15.5 Å². The molecule has 23 heavy (non-hydrogen) atoms. The molecular formula is C16H22ClN3O3. The van der Waals surface area contributed by atoms with Crippen molar-refractivity contribution in [3.8, 4) is 0 Å². The number of ether oxygens (including phenoxy) is 1. The summed E-state index contributed by atoms with van der Waals surface area (Å²) in [6, 6.07) is 9.10. The molecule has 1 aromatic carbocycles. The van der Waals surface area contributed by atoms with Crippen LogP contribution in [0.25, 0.3) is 0 Å². The van der Waals surface area contributed by atoms with Crippen LogP contribution in [0.5, 0.6) is 0 Å². The fourth-order valence-electron chi connectivity index (χ4n) is 2.87. The number of nitrogens with one attached hydrogen (secondary N) is 2. The molecule has 2 N–H and O–H groups in total. The van der Waals surface area contributed by atoms with Crippen molar-refractivity contribution in [2.45, 2.75) is 25.0 Å². The summed E-state index contributed by atoms with van der Waals surface area (Å²) in [5, 5.41) is 5.96. The quantitative estimate of drug-likeness (QED) is 0.851. The van der Waals surface area contributed by atoms with Gasteiger partial charge in [-0.3, -0.25) is 9.59 Å². The Hall–Kier alpha value is -1.63. The summed E-state index contributed by atoms with van der Waals surface area (Å²) in [6.45, 7) is 2.46. The Morgan fingerprint density at radius 2 is 2.09 bits per heavy atom. The molecule has 0 bridgehead atoms. The van der Waals surface area contributed by atoms with E-state index in [1.165, 1.54) is 0 Å². The highest BCUT2D eigenvalue weighted by Crippen LogP contribution is 2.20. The van der Waals surface area contributed by atoms with Crippen LogP contribution in [-0.2, 0) is 14.3 Å². The number of hydrogen-bond acceptors (Lipinski definition) is 4. The van der Waals surface area contributed by atoms with Gasteiger partial charge in [-0.25, -0.2) is 0 Å². The molecule has 7 heteroatoms. The lowest BCUT2D eigenvalue weighted by molar-refractivity contribution is -0.137. The third-order valence-electron chi connectivity index (χ3n) is 4.04. The highest BCUT2D eigenvalue weighted by atomic mass is 35.5. The molecule has 2 atom stereocenters. The van der Waals surface area contributed by atoms with E-state index in [1.54, 1.807) is 4.90 Å². The molecule has 2 aliphatic heterocycles. The minimum atomic E-state index is -0.506. The normalized spacial score (nSPS) is 24.7. The number of rotatable bonds is 3. The number of para-hydroxylation sites is 1. The van der Waals surface area contributed by atoms with Crippen LogP contribution in [0.4, 0.5) is 5.69 Å². The molecule has 2 fully saturated rings. The number of carbonyl (C=O) groups excluding carboxylic acids is 2. The monoisotopic (exact) mass is 339 g/mol. The SMILES string of the molecule is Cl.O=C(NC1CCCN(c2ccccc2)C1=O)C1CNCCO1. The van der Waals surface area contributed by atoms with Crippen molar-refractivity contribution in [1.29, 1.82) is 0 Å². The number of carbonyl (C=O) groups is 2. The van der Waals surface area contributed by atoms with Crippen molar-refractivity contribution in [3.63, 3.8) is 0 Å². The van der Waals surface area contributed by atoms with Gasteiger partial charge in [-0.15, -0.1) is 12.4 Å². The Bertz CT molecular complexity index is 535. The Labute approximate surface area is 142 Å². The maximum atomic E-state index is 12.6. The number of piperidine rings is 1. The zero-order chi connectivity index (χ0) is 15.4. The predicted molar refractivity (Wildman–Crippen MR) is 89.8 cm³/mol. The van der Waals surface area contributed by atoms with E-state index >= 15 is 0 Å². The number of anilines is 1. The van der Waals surface area contributed by atoms with Crippen LogP contribution >= 0.6 is 12.4 Å². The molecule has 2 unspecified atom stereocenters. The van der Waals surface area contributed by atoms with Gasteiger partial charge in [-0.05, 0) is 25.0 Å². The lowest BCUT2D eigenvalue weighted by Gasteiger charge is -2.33. The van der Waals surface area contributed by atoms with Gasteiger partial charge in [0.1, 0.15) is 12.1 Å². The Morgan fingerprint density at radius 1 is 1.30 bits per heavy atom. The molecule has 0 saturated carbocycles. The third kappa shape index (κ3) is 4.22. The molecule has 0 spiro atoms. The van der Waals surface area contributed by atoms with Crippen molar-refractivity contribution >= 4 is 29.9 Å². The third-order valence-corrected chi connectivity index (χ3v) is 4.04. The number of morpholine rings is 1. The Kier molecular flexibility index (Phi) is 6.38. The van der Waals surface area contributed by atoms with Crippen molar-refractivity contribution in [2.24, 2.45) is 0 Å². The van der Waals surface area contributed by atoms with Gasteiger partial charge in [-0.2, -0.15) is 0 Å². The minimum Gasteiger partial charge on any atom is -0.366 e. The van der Waals surface area contributed by atoms with E-state index in [4.69, 9.17) is 4.74 Å². The number of amides is 2. The van der Waals surface area contributed by atoms with Crippen molar-refractivity contribution in [2.75, 3.05) is 31.1 Å². The van der Waals surface area contributed by atoms with Gasteiger partial charge in [0.05, 0.1) is 6.61 Å². The highest BCUT2D eigenvalue weighted by Gasteiger charge is 2.33. The molecule has 0 aromatic heterocycles. The highest BCUT2D eigenvalue weighted by molar-refractivity contribution is 6.00. The van der Waals surface area contributed by atoms with Crippen LogP contribution in [-0.4, -0.2) is 50.2 Å². The van der Waals surface area contributed by atoms with Gasteiger partial charge in [0.25, 0.3) is 5.91 Å². The van der Waals surface area contributed by atoms with Gasteiger partial charge in [0.2, 0.25) is 5.91 Å². The molecule has 0 aliphatic carbocycles. The van der Waals surface area contributed by atoms with Crippen molar-refractivity contribution in [1.82, 2.24) is 10.6 Å². The number of hydrogen-bond donors (Lipinski definition) is 2. The summed E-state index contributed by atoms with van der Waals surface area (Å²) in [7, 11) is 0. The maximum absolute atomic E-state index is 12.6. The van der Waals surface area contributed by atoms with E-state index in [2.05, 4.69) is 10.6 Å². The zero-order valence-electron chi connectivity index (χ0n) is 12.9. The van der Waals surface area contributed by atoms with Crippen molar-refractivity contribution in [3.05, 3.63) is 30.3 Å². The van der Waals surface area contributed by atoms with Gasteiger partial charge in [-0.1, -0.05) is 18.2 Å². The van der Waals surface area contributed by atoms with Crippen LogP contribution in [0.2, 0.25) is 0 Å². The minimum absolute atomic E-state index is 0. The number of halogens is 1. The summed E-state index contributed by atoms with van der Waals surface area (Å²) < 4.78 is 5.43. The van der Waals surface area contributed by atoms with E-state index in [-0.39, 0.29) is 24.2 Å². The van der Waals surface area contributed by atoms with Crippen LogP contribution in [0.15, 0.2) is 30.3 Å². The van der Waals surface area contributed by atoms with E-state index in [0.29, 0.717) is 26.1 Å². The first-order valence-electron chi connectivity index (χ1n) is 7.75. The van der Waals surface area contributed by atoms with Gasteiger partial charge in [0, 0.05) is 25.3 Å². The fourth-order valence-corrected chi connectivity index (χ4v) is 2.87. The molecule has 2 saturated heterocycles. The largest absolute Gasteiger partial charge is 0.366 e.